The van der Waals surface area contributed by atoms with Gasteiger partial charge in [-0.15, -0.1) is 0 Å². The Morgan fingerprint density at radius 2 is 2.07 bits per heavy atom. The first-order valence-corrected chi connectivity index (χ1v) is 5.65. The van der Waals surface area contributed by atoms with Crippen molar-refractivity contribution in [2.45, 2.75) is 32.7 Å². The van der Waals surface area contributed by atoms with E-state index < -0.39 is 0 Å². The van der Waals surface area contributed by atoms with E-state index in [1.165, 1.54) is 11.3 Å². The van der Waals surface area contributed by atoms with Crippen molar-refractivity contribution in [1.29, 1.82) is 0 Å². The summed E-state index contributed by atoms with van der Waals surface area (Å²) in [5.41, 5.74) is 2.42. The Morgan fingerprint density at radius 1 is 1.43 bits per heavy atom. The summed E-state index contributed by atoms with van der Waals surface area (Å²) >= 11 is 3.42. The summed E-state index contributed by atoms with van der Waals surface area (Å²) in [5, 5.41) is 3.25. The summed E-state index contributed by atoms with van der Waals surface area (Å²) in [6.45, 7) is 6.48. The lowest BCUT2D eigenvalue weighted by Crippen LogP contribution is -2.28. The van der Waals surface area contributed by atoms with Gasteiger partial charge in [0.25, 0.3) is 0 Å². The van der Waals surface area contributed by atoms with Crippen LogP contribution in [0.4, 0.5) is 0 Å². The molecule has 0 amide bonds. The number of nitrogens with one attached hydrogen (secondary N) is 1. The molecule has 1 N–H and O–H groups in total. The molecule has 1 rings (SSSR count). The highest BCUT2D eigenvalue weighted by atomic mass is 79.9. The standard InChI is InChI=1S/C11H17BrN2/c1-7-5-10(12)6-14-11(7)8(2)9(3)13-4/h5-6,8-9,13H,1-4H3. The summed E-state index contributed by atoms with van der Waals surface area (Å²) in [4.78, 5) is 4.46. The van der Waals surface area contributed by atoms with Crippen molar-refractivity contribution >= 4 is 15.9 Å². The molecule has 1 aromatic rings. The minimum atomic E-state index is 0.438. The van der Waals surface area contributed by atoms with Crippen molar-refractivity contribution in [2.75, 3.05) is 7.05 Å². The third-order valence-electron chi connectivity index (χ3n) is 2.72. The van der Waals surface area contributed by atoms with Gasteiger partial charge in [0.05, 0.1) is 0 Å². The van der Waals surface area contributed by atoms with Crippen LogP contribution in [0.5, 0.6) is 0 Å². The van der Waals surface area contributed by atoms with E-state index in [1.54, 1.807) is 0 Å². The summed E-state index contributed by atoms with van der Waals surface area (Å²) in [6, 6.07) is 2.56. The second-order valence-electron chi connectivity index (χ2n) is 3.72. The van der Waals surface area contributed by atoms with Crippen LogP contribution in [0, 0.1) is 6.92 Å². The van der Waals surface area contributed by atoms with E-state index in [0.717, 1.165) is 4.47 Å². The van der Waals surface area contributed by atoms with Crippen molar-refractivity contribution in [1.82, 2.24) is 10.3 Å². The lowest BCUT2D eigenvalue weighted by atomic mass is 9.96. The van der Waals surface area contributed by atoms with E-state index in [4.69, 9.17) is 0 Å². The second kappa shape index (κ2) is 4.89. The maximum absolute atomic E-state index is 4.46. The Balaban J connectivity index is 2.95. The molecule has 0 saturated carbocycles. The SMILES string of the molecule is CNC(C)C(C)c1ncc(Br)cc1C. The van der Waals surface area contributed by atoms with Gasteiger partial charge in [0.15, 0.2) is 0 Å². The van der Waals surface area contributed by atoms with Crippen LogP contribution in [0.15, 0.2) is 16.7 Å². The largest absolute Gasteiger partial charge is 0.317 e. The van der Waals surface area contributed by atoms with Gasteiger partial charge in [-0.05, 0) is 48.5 Å². The molecule has 0 bridgehead atoms. The number of hydrogen-bond donors (Lipinski definition) is 1. The van der Waals surface area contributed by atoms with Gasteiger partial charge in [-0.1, -0.05) is 6.92 Å². The quantitative estimate of drug-likeness (QED) is 0.900. The maximum Gasteiger partial charge on any atom is 0.0477 e. The molecule has 78 valence electrons. The van der Waals surface area contributed by atoms with Gasteiger partial charge in [-0.2, -0.15) is 0 Å². The Bertz CT molecular complexity index is 312. The normalized spacial score (nSPS) is 15.2. The van der Waals surface area contributed by atoms with Gasteiger partial charge in [0, 0.05) is 28.3 Å². The molecule has 2 nitrogen and oxygen atoms in total. The number of pyridine rings is 1. The number of aryl methyl sites for hydroxylation is 1. The van der Waals surface area contributed by atoms with Gasteiger partial charge in [-0.25, -0.2) is 0 Å². The fourth-order valence-corrected chi connectivity index (χ4v) is 1.96. The van der Waals surface area contributed by atoms with Gasteiger partial charge in [-0.3, -0.25) is 4.98 Å². The van der Waals surface area contributed by atoms with Gasteiger partial charge < -0.3 is 5.32 Å². The summed E-state index contributed by atoms with van der Waals surface area (Å²) in [7, 11) is 1.98. The fourth-order valence-electron chi connectivity index (χ4n) is 1.51. The molecule has 1 heterocycles. The van der Waals surface area contributed by atoms with E-state index >= 15 is 0 Å². The summed E-state index contributed by atoms with van der Waals surface area (Å²) in [6.07, 6.45) is 1.86. The van der Waals surface area contributed by atoms with Crippen LogP contribution in [0.25, 0.3) is 0 Å². The molecule has 2 atom stereocenters. The molecule has 0 aromatic carbocycles. The molecule has 0 spiro atoms. The Labute approximate surface area is 94.3 Å². The van der Waals surface area contributed by atoms with Crippen LogP contribution >= 0.6 is 15.9 Å². The van der Waals surface area contributed by atoms with Crippen LogP contribution < -0.4 is 5.32 Å². The number of nitrogens with zero attached hydrogens (tertiary/aromatic N) is 1. The first-order valence-electron chi connectivity index (χ1n) is 4.85. The zero-order valence-corrected chi connectivity index (χ0v) is 10.7. The number of rotatable bonds is 3. The second-order valence-corrected chi connectivity index (χ2v) is 4.64. The van der Waals surface area contributed by atoms with E-state index in [-0.39, 0.29) is 0 Å². The highest BCUT2D eigenvalue weighted by Gasteiger charge is 2.15. The maximum atomic E-state index is 4.46. The van der Waals surface area contributed by atoms with Crippen LogP contribution in [-0.2, 0) is 0 Å². The molecular weight excluding hydrogens is 240 g/mol. The minimum absolute atomic E-state index is 0.438. The topological polar surface area (TPSA) is 24.9 Å². The van der Waals surface area contributed by atoms with Crippen molar-refractivity contribution in [2.24, 2.45) is 0 Å². The minimum Gasteiger partial charge on any atom is -0.317 e. The first-order chi connectivity index (χ1) is 6.56. The highest BCUT2D eigenvalue weighted by Crippen LogP contribution is 2.22. The van der Waals surface area contributed by atoms with Crippen molar-refractivity contribution in [3.05, 3.63) is 28.0 Å². The molecular formula is C11H17BrN2. The highest BCUT2D eigenvalue weighted by molar-refractivity contribution is 9.10. The van der Waals surface area contributed by atoms with Crippen molar-refractivity contribution in [3.63, 3.8) is 0 Å². The predicted molar refractivity (Wildman–Crippen MR) is 63.6 cm³/mol. The molecule has 3 heteroatoms. The molecule has 0 aliphatic carbocycles. The Morgan fingerprint density at radius 3 is 2.57 bits per heavy atom. The average molecular weight is 257 g/mol. The molecule has 14 heavy (non-hydrogen) atoms. The summed E-state index contributed by atoms with van der Waals surface area (Å²) < 4.78 is 1.04. The lowest BCUT2D eigenvalue weighted by Gasteiger charge is -2.20. The van der Waals surface area contributed by atoms with Crippen LogP contribution in [-0.4, -0.2) is 18.1 Å². The fraction of sp³-hybridized carbons (Fsp3) is 0.545. The first kappa shape index (κ1) is 11.7. The van der Waals surface area contributed by atoms with E-state index in [2.05, 4.69) is 53.1 Å². The molecule has 0 fully saturated rings. The van der Waals surface area contributed by atoms with Crippen molar-refractivity contribution in [3.8, 4) is 0 Å². The van der Waals surface area contributed by atoms with Crippen LogP contribution in [0.1, 0.15) is 31.0 Å². The smallest absolute Gasteiger partial charge is 0.0477 e. The monoisotopic (exact) mass is 256 g/mol. The lowest BCUT2D eigenvalue weighted by molar-refractivity contribution is 0.513. The van der Waals surface area contributed by atoms with Crippen molar-refractivity contribution < 1.29 is 0 Å². The third-order valence-corrected chi connectivity index (χ3v) is 3.16. The number of likely N-dealkylation sites (N-methyl/N-ethyl adjacent to an activating group) is 1. The van der Waals surface area contributed by atoms with Crippen LogP contribution in [0.3, 0.4) is 0 Å². The Kier molecular flexibility index (Phi) is 4.08. The van der Waals surface area contributed by atoms with Gasteiger partial charge in [0.2, 0.25) is 0 Å². The summed E-state index contributed by atoms with van der Waals surface area (Å²) in [5.74, 6) is 0.438. The van der Waals surface area contributed by atoms with Crippen LogP contribution in [0.2, 0.25) is 0 Å². The number of hydrogen-bond acceptors (Lipinski definition) is 2. The molecule has 0 radical (unpaired) electrons. The third kappa shape index (κ3) is 2.55. The zero-order valence-electron chi connectivity index (χ0n) is 9.13. The average Bonchev–Trinajstić information content (AvgIpc) is 2.15. The molecule has 0 saturated heterocycles. The molecule has 2 unspecified atom stereocenters. The number of halogens is 1. The zero-order chi connectivity index (χ0) is 10.7. The van der Waals surface area contributed by atoms with E-state index in [1.807, 2.05) is 13.2 Å². The predicted octanol–water partition coefficient (Wildman–Crippen LogP) is 2.86. The molecule has 1 aromatic heterocycles. The van der Waals surface area contributed by atoms with E-state index in [9.17, 15) is 0 Å². The van der Waals surface area contributed by atoms with E-state index in [0.29, 0.717) is 12.0 Å². The van der Waals surface area contributed by atoms with Gasteiger partial charge in [0.1, 0.15) is 0 Å². The Hall–Kier alpha value is -0.410. The van der Waals surface area contributed by atoms with Gasteiger partial charge >= 0.3 is 0 Å². The number of aromatic nitrogens is 1. The molecule has 0 aliphatic heterocycles. The molecule has 0 aliphatic rings.